The first-order valence-corrected chi connectivity index (χ1v) is 17.7. The van der Waals surface area contributed by atoms with E-state index in [1.54, 1.807) is 29.4 Å². The van der Waals surface area contributed by atoms with Gasteiger partial charge in [0.2, 0.25) is 11.8 Å². The summed E-state index contributed by atoms with van der Waals surface area (Å²) in [6, 6.07) is 30.6. The molecule has 10 nitrogen and oxygen atoms in total. The van der Waals surface area contributed by atoms with Gasteiger partial charge in [-0.25, -0.2) is 10.3 Å². The zero-order valence-corrected chi connectivity index (χ0v) is 28.4. The van der Waals surface area contributed by atoms with Crippen molar-refractivity contribution in [3.05, 3.63) is 125 Å². The Bertz CT molecular complexity index is 1710. The molecule has 1 heterocycles. The van der Waals surface area contributed by atoms with Crippen molar-refractivity contribution in [3.63, 3.8) is 0 Å². The summed E-state index contributed by atoms with van der Waals surface area (Å²) >= 11 is 1.60. The van der Waals surface area contributed by atoms with Gasteiger partial charge in [0, 0.05) is 42.0 Å². The summed E-state index contributed by atoms with van der Waals surface area (Å²) in [7, 11) is 0. The third kappa shape index (κ3) is 10.5. The largest absolute Gasteiger partial charge is 0.478 e. The van der Waals surface area contributed by atoms with E-state index >= 15 is 0 Å². The number of rotatable bonds is 16. The maximum atomic E-state index is 12.5. The monoisotopic (exact) mass is 698 g/mol. The zero-order valence-electron chi connectivity index (χ0n) is 27.6. The highest BCUT2D eigenvalue weighted by molar-refractivity contribution is 7.99. The van der Waals surface area contributed by atoms with E-state index in [2.05, 4.69) is 5.32 Å². The summed E-state index contributed by atoms with van der Waals surface area (Å²) in [5.74, 6) is -0.787. The maximum Gasteiger partial charge on any atom is 0.335 e. The molecule has 1 fully saturated rings. The summed E-state index contributed by atoms with van der Waals surface area (Å²) in [6.45, 7) is 0.349. The van der Waals surface area contributed by atoms with Crippen molar-refractivity contribution in [3.8, 4) is 11.1 Å². The minimum absolute atomic E-state index is 0.0334. The first kappa shape index (κ1) is 36.8. The number of hydrogen-bond acceptors (Lipinski definition) is 8. The summed E-state index contributed by atoms with van der Waals surface area (Å²) in [4.78, 5) is 35.8. The number of hydrogen-bond donors (Lipinski definition) is 5. The van der Waals surface area contributed by atoms with Crippen molar-refractivity contribution in [2.45, 2.75) is 75.1 Å². The number of hydroxylamine groups is 1. The van der Waals surface area contributed by atoms with E-state index in [0.717, 1.165) is 44.7 Å². The van der Waals surface area contributed by atoms with Gasteiger partial charge in [0.25, 0.3) is 0 Å². The van der Waals surface area contributed by atoms with Crippen molar-refractivity contribution >= 4 is 29.5 Å². The molecule has 1 aliphatic rings. The number of carboxylic acid groups (broad SMARTS) is 1. The van der Waals surface area contributed by atoms with Crippen LogP contribution < -0.4 is 10.8 Å². The molecular weight excluding hydrogens is 657 g/mol. The standard InChI is InChI=1S/C39H42N2O8S/c42-24-26-10-12-28(13-11-26)35-22-32(25-50-33-20-18-29(19-21-33)38(45)46)48-39(49-35)30-16-14-27(15-17-30)34-7-5-4-6-31(34)23-40-36(43)8-2-1-3-9-37(44)41-47/h4-7,10-21,32,35,39,42,47H,1-3,8-9,22-25H2,(H,40,43)(H,41,44)(H,45,46)/t32-,35+,39+/m1/s1. The number of ether oxygens (including phenoxy) is 2. The molecule has 11 heteroatoms. The van der Waals surface area contributed by atoms with Crippen LogP contribution in [0.1, 0.15) is 83.5 Å². The fourth-order valence-electron chi connectivity index (χ4n) is 5.77. The summed E-state index contributed by atoms with van der Waals surface area (Å²) in [6.07, 6.45) is 2.22. The number of nitrogens with one attached hydrogen (secondary N) is 2. The smallest absolute Gasteiger partial charge is 0.335 e. The topological polar surface area (TPSA) is 154 Å². The highest BCUT2D eigenvalue weighted by Gasteiger charge is 2.32. The van der Waals surface area contributed by atoms with E-state index in [9.17, 15) is 24.6 Å². The van der Waals surface area contributed by atoms with Gasteiger partial charge in [-0.05, 0) is 64.9 Å². The molecule has 50 heavy (non-hydrogen) atoms. The lowest BCUT2D eigenvalue weighted by Gasteiger charge is -2.36. The van der Waals surface area contributed by atoms with Gasteiger partial charge in [-0.3, -0.25) is 14.8 Å². The second kappa shape index (κ2) is 18.5. The van der Waals surface area contributed by atoms with Crippen LogP contribution >= 0.6 is 11.8 Å². The first-order chi connectivity index (χ1) is 24.3. The van der Waals surface area contributed by atoms with Crippen molar-refractivity contribution in [2.24, 2.45) is 0 Å². The van der Waals surface area contributed by atoms with Gasteiger partial charge in [0.1, 0.15) is 0 Å². The second-order valence-electron chi connectivity index (χ2n) is 12.1. The van der Waals surface area contributed by atoms with Crippen LogP contribution in [-0.2, 0) is 32.2 Å². The molecule has 5 N–H and O–H groups in total. The van der Waals surface area contributed by atoms with Crippen LogP contribution in [-0.4, -0.2) is 45.1 Å². The van der Waals surface area contributed by atoms with Gasteiger partial charge in [-0.15, -0.1) is 11.8 Å². The third-order valence-corrected chi connectivity index (χ3v) is 9.72. The molecule has 262 valence electrons. The molecule has 4 aromatic carbocycles. The first-order valence-electron chi connectivity index (χ1n) is 16.7. The summed E-state index contributed by atoms with van der Waals surface area (Å²) < 4.78 is 13.0. The number of amides is 2. The number of carbonyl (C=O) groups is 3. The molecule has 5 rings (SSSR count). The van der Waals surface area contributed by atoms with Crippen LogP contribution in [0.5, 0.6) is 0 Å². The van der Waals surface area contributed by atoms with Crippen LogP contribution in [0.2, 0.25) is 0 Å². The average Bonchev–Trinajstić information content (AvgIpc) is 3.16. The van der Waals surface area contributed by atoms with Gasteiger partial charge in [0.15, 0.2) is 6.29 Å². The fraction of sp³-hybridized carbons (Fsp3) is 0.308. The van der Waals surface area contributed by atoms with Crippen LogP contribution in [0.4, 0.5) is 0 Å². The molecule has 2 amide bonds. The molecule has 0 unspecified atom stereocenters. The number of carboxylic acids is 1. The zero-order chi connectivity index (χ0) is 35.3. The average molecular weight is 699 g/mol. The van der Waals surface area contributed by atoms with E-state index in [0.29, 0.717) is 38.0 Å². The number of unbranched alkanes of at least 4 members (excludes halogenated alkanes) is 2. The lowest BCUT2D eigenvalue weighted by molar-refractivity contribution is -0.245. The number of aliphatic hydroxyl groups is 1. The van der Waals surface area contributed by atoms with Crippen LogP contribution in [0.15, 0.2) is 102 Å². The number of aromatic carboxylic acids is 1. The van der Waals surface area contributed by atoms with E-state index in [1.165, 1.54) is 0 Å². The Hall–Kier alpha value is -4.52. The van der Waals surface area contributed by atoms with Crippen molar-refractivity contribution in [1.29, 1.82) is 0 Å². The van der Waals surface area contributed by atoms with E-state index in [-0.39, 0.29) is 36.7 Å². The normalized spacial score (nSPS) is 17.2. The molecule has 4 aromatic rings. The predicted octanol–water partition coefficient (Wildman–Crippen LogP) is 6.95. The fourth-order valence-corrected chi connectivity index (χ4v) is 6.69. The van der Waals surface area contributed by atoms with E-state index < -0.39 is 18.2 Å². The van der Waals surface area contributed by atoms with Crippen LogP contribution in [0, 0.1) is 0 Å². The molecule has 3 atom stereocenters. The molecular formula is C39H42N2O8S. The number of benzene rings is 4. The lowest BCUT2D eigenvalue weighted by Crippen LogP contribution is -2.31. The number of aliphatic hydroxyl groups excluding tert-OH is 1. The van der Waals surface area contributed by atoms with Crippen LogP contribution in [0.25, 0.3) is 11.1 Å². The van der Waals surface area contributed by atoms with Crippen LogP contribution in [0.3, 0.4) is 0 Å². The molecule has 0 aromatic heterocycles. The van der Waals surface area contributed by atoms with Gasteiger partial charge in [-0.1, -0.05) is 79.2 Å². The summed E-state index contributed by atoms with van der Waals surface area (Å²) in [5.41, 5.74) is 7.53. The highest BCUT2D eigenvalue weighted by Crippen LogP contribution is 2.40. The Morgan fingerprint density at radius 3 is 2.14 bits per heavy atom. The molecule has 0 saturated carbocycles. The summed E-state index contributed by atoms with van der Waals surface area (Å²) in [5, 5.41) is 30.3. The Morgan fingerprint density at radius 2 is 1.46 bits per heavy atom. The van der Waals surface area contributed by atoms with Crippen molar-refractivity contribution in [1.82, 2.24) is 10.8 Å². The van der Waals surface area contributed by atoms with Gasteiger partial charge >= 0.3 is 5.97 Å². The highest BCUT2D eigenvalue weighted by atomic mass is 32.2. The Balaban J connectivity index is 1.24. The van der Waals surface area contributed by atoms with Gasteiger partial charge in [-0.2, -0.15) is 0 Å². The van der Waals surface area contributed by atoms with Crippen molar-refractivity contribution in [2.75, 3.05) is 5.75 Å². The molecule has 1 saturated heterocycles. The van der Waals surface area contributed by atoms with Crippen molar-refractivity contribution < 1.29 is 39.3 Å². The lowest BCUT2D eigenvalue weighted by atomic mass is 9.97. The number of carbonyl (C=O) groups excluding carboxylic acids is 2. The Labute approximate surface area is 295 Å². The maximum absolute atomic E-state index is 12.5. The Kier molecular flexibility index (Phi) is 13.6. The third-order valence-electron chi connectivity index (χ3n) is 8.57. The van der Waals surface area contributed by atoms with E-state index in [4.69, 9.17) is 14.7 Å². The quantitative estimate of drug-likeness (QED) is 0.0362. The molecule has 1 aliphatic heterocycles. The molecule has 0 spiro atoms. The van der Waals surface area contributed by atoms with Gasteiger partial charge < -0.3 is 25.0 Å². The SMILES string of the molecule is O=C(CCCCCC(=O)NCc1ccccc1-c1ccc([C@H]2O[C@@H](CSc3ccc(C(=O)O)cc3)C[C@@H](c3ccc(CO)cc3)O2)cc1)NO. The van der Waals surface area contributed by atoms with Gasteiger partial charge in [0.05, 0.1) is 24.4 Å². The minimum Gasteiger partial charge on any atom is -0.478 e. The molecule has 0 radical (unpaired) electrons. The van der Waals surface area contributed by atoms with E-state index in [1.807, 2.05) is 84.9 Å². The molecule has 0 bridgehead atoms. The minimum atomic E-state index is -0.957. The Morgan fingerprint density at radius 1 is 0.780 bits per heavy atom. The predicted molar refractivity (Wildman–Crippen MR) is 189 cm³/mol. The molecule has 0 aliphatic carbocycles. The number of thioether (sulfide) groups is 1. The second-order valence-corrected chi connectivity index (χ2v) is 13.2.